The molecule has 0 bridgehead atoms. The summed E-state index contributed by atoms with van der Waals surface area (Å²) in [6.45, 7) is 4.57. The lowest BCUT2D eigenvalue weighted by atomic mass is 10.0. The summed E-state index contributed by atoms with van der Waals surface area (Å²) in [6, 6.07) is 7.52. The number of hydrogen-bond donors (Lipinski definition) is 2. The molecule has 1 aromatic rings. The molecule has 1 atom stereocenters. The number of carbonyl (C=O) groups excluding carboxylic acids is 2. The highest BCUT2D eigenvalue weighted by Crippen LogP contribution is 2.27. The first-order chi connectivity index (χ1) is 9.84. The molecule has 114 valence electrons. The minimum atomic E-state index is -0.630. The van der Waals surface area contributed by atoms with Gasteiger partial charge in [0.2, 0.25) is 11.8 Å². The number of amides is 2. The van der Waals surface area contributed by atoms with Crippen LogP contribution in [0.4, 0.5) is 5.69 Å². The smallest absolute Gasteiger partial charge is 0.239 e. The van der Waals surface area contributed by atoms with Crippen molar-refractivity contribution in [2.45, 2.75) is 25.8 Å². The number of benzene rings is 1. The van der Waals surface area contributed by atoms with Gasteiger partial charge in [-0.2, -0.15) is 0 Å². The quantitative estimate of drug-likeness (QED) is 0.808. The topological polar surface area (TPSA) is 75.4 Å². The van der Waals surface area contributed by atoms with E-state index in [9.17, 15) is 9.59 Å². The highest BCUT2D eigenvalue weighted by atomic mass is 79.9. The van der Waals surface area contributed by atoms with E-state index < -0.39 is 11.5 Å². The second-order valence-electron chi connectivity index (χ2n) is 5.89. The van der Waals surface area contributed by atoms with Crippen LogP contribution in [0.2, 0.25) is 0 Å². The zero-order valence-electron chi connectivity index (χ0n) is 12.2. The average Bonchev–Trinajstić information content (AvgIpc) is 2.80. The van der Waals surface area contributed by atoms with Crippen LogP contribution >= 0.6 is 15.9 Å². The first-order valence-corrected chi connectivity index (χ1v) is 7.72. The Hall–Kier alpha value is -1.40. The highest BCUT2D eigenvalue weighted by molar-refractivity contribution is 9.10. The van der Waals surface area contributed by atoms with Crippen molar-refractivity contribution in [3.8, 4) is 0 Å². The third-order valence-corrected chi connectivity index (χ3v) is 4.11. The zero-order valence-corrected chi connectivity index (χ0v) is 13.8. The van der Waals surface area contributed by atoms with Crippen molar-refractivity contribution >= 4 is 33.4 Å². The number of rotatable bonds is 4. The van der Waals surface area contributed by atoms with Crippen molar-refractivity contribution in [2.75, 3.05) is 18.0 Å². The van der Waals surface area contributed by atoms with E-state index in [1.54, 1.807) is 4.90 Å². The molecular formula is C15H20BrN3O2. The van der Waals surface area contributed by atoms with Gasteiger partial charge < -0.3 is 16.0 Å². The molecule has 1 unspecified atom stereocenters. The van der Waals surface area contributed by atoms with Crippen molar-refractivity contribution < 1.29 is 9.59 Å². The van der Waals surface area contributed by atoms with E-state index in [0.29, 0.717) is 19.5 Å². The fraction of sp³-hybridized carbons (Fsp3) is 0.467. The molecular weight excluding hydrogens is 334 g/mol. The Labute approximate surface area is 133 Å². The van der Waals surface area contributed by atoms with E-state index in [4.69, 9.17) is 5.73 Å². The lowest BCUT2D eigenvalue weighted by Crippen LogP contribution is -2.51. The summed E-state index contributed by atoms with van der Waals surface area (Å²) in [5.41, 5.74) is 5.92. The third-order valence-electron chi connectivity index (χ3n) is 3.61. The average molecular weight is 354 g/mol. The number of nitrogens with two attached hydrogens (primary N) is 1. The van der Waals surface area contributed by atoms with Crippen LogP contribution in [0.1, 0.15) is 20.3 Å². The van der Waals surface area contributed by atoms with E-state index in [1.807, 2.05) is 38.1 Å². The Bertz CT molecular complexity index is 560. The van der Waals surface area contributed by atoms with E-state index in [1.165, 1.54) is 0 Å². The van der Waals surface area contributed by atoms with Gasteiger partial charge in [0, 0.05) is 28.8 Å². The van der Waals surface area contributed by atoms with Gasteiger partial charge in [-0.15, -0.1) is 0 Å². The fourth-order valence-corrected chi connectivity index (χ4v) is 2.68. The molecule has 6 heteroatoms. The molecule has 3 N–H and O–H groups in total. The summed E-state index contributed by atoms with van der Waals surface area (Å²) in [6.07, 6.45) is 0.526. The minimum Gasteiger partial charge on any atom is -0.349 e. The molecule has 5 nitrogen and oxygen atoms in total. The van der Waals surface area contributed by atoms with Crippen molar-refractivity contribution in [3.05, 3.63) is 28.7 Å². The summed E-state index contributed by atoms with van der Waals surface area (Å²) in [5.74, 6) is -1.03. The number of carbonyl (C=O) groups is 2. The predicted octanol–water partition coefficient (Wildman–Crippen LogP) is 1.66. The molecule has 0 aromatic heterocycles. The van der Waals surface area contributed by atoms with Crippen LogP contribution in [0.25, 0.3) is 0 Å². The molecule has 1 saturated heterocycles. The molecule has 0 spiro atoms. The maximum atomic E-state index is 12.5. The number of halogens is 1. The zero-order chi connectivity index (χ0) is 15.6. The van der Waals surface area contributed by atoms with Crippen LogP contribution in [-0.4, -0.2) is 30.4 Å². The van der Waals surface area contributed by atoms with Gasteiger partial charge in [0.25, 0.3) is 0 Å². The number of nitrogens with one attached hydrogen (secondary N) is 1. The Morgan fingerprint density at radius 2 is 2.24 bits per heavy atom. The molecule has 2 rings (SSSR count). The molecule has 1 aromatic carbocycles. The van der Waals surface area contributed by atoms with Crippen LogP contribution in [-0.2, 0) is 9.59 Å². The second kappa shape index (κ2) is 6.15. The van der Waals surface area contributed by atoms with Gasteiger partial charge in [-0.1, -0.05) is 22.0 Å². The van der Waals surface area contributed by atoms with Crippen LogP contribution in [0.3, 0.4) is 0 Å². The summed E-state index contributed by atoms with van der Waals surface area (Å²) in [4.78, 5) is 26.4. The van der Waals surface area contributed by atoms with Gasteiger partial charge in [0.1, 0.15) is 5.92 Å². The molecule has 0 saturated carbocycles. The molecule has 1 aliphatic rings. The standard InChI is InChI=1S/C15H20BrN3O2/c1-15(2,9-17)18-13(20)12-6-7-19(14(12)21)11-5-3-4-10(16)8-11/h3-5,8,12H,6-7,9,17H2,1-2H3,(H,18,20). The summed E-state index contributed by atoms with van der Waals surface area (Å²) >= 11 is 3.39. The Kier molecular flexibility index (Phi) is 4.68. The van der Waals surface area contributed by atoms with Gasteiger partial charge in [-0.25, -0.2) is 0 Å². The normalized spacial score (nSPS) is 19.0. The maximum absolute atomic E-state index is 12.5. The van der Waals surface area contributed by atoms with Gasteiger partial charge in [0.15, 0.2) is 0 Å². The van der Waals surface area contributed by atoms with Gasteiger partial charge in [0.05, 0.1) is 0 Å². The van der Waals surface area contributed by atoms with Gasteiger partial charge in [-0.05, 0) is 38.5 Å². The Morgan fingerprint density at radius 3 is 2.86 bits per heavy atom. The van der Waals surface area contributed by atoms with Crippen molar-refractivity contribution in [1.82, 2.24) is 5.32 Å². The number of anilines is 1. The van der Waals surface area contributed by atoms with E-state index in [2.05, 4.69) is 21.2 Å². The molecule has 0 radical (unpaired) electrons. The van der Waals surface area contributed by atoms with Gasteiger partial charge >= 0.3 is 0 Å². The number of nitrogens with zero attached hydrogens (tertiary/aromatic N) is 1. The van der Waals surface area contributed by atoms with E-state index >= 15 is 0 Å². The van der Waals surface area contributed by atoms with Gasteiger partial charge in [-0.3, -0.25) is 9.59 Å². The molecule has 0 aliphatic carbocycles. The van der Waals surface area contributed by atoms with Crippen LogP contribution in [0, 0.1) is 5.92 Å². The van der Waals surface area contributed by atoms with Crippen molar-refractivity contribution in [3.63, 3.8) is 0 Å². The molecule has 1 aliphatic heterocycles. The minimum absolute atomic E-state index is 0.154. The van der Waals surface area contributed by atoms with Crippen LogP contribution < -0.4 is 16.0 Å². The fourth-order valence-electron chi connectivity index (χ4n) is 2.30. The molecule has 1 heterocycles. The summed E-state index contributed by atoms with van der Waals surface area (Å²) < 4.78 is 0.907. The van der Waals surface area contributed by atoms with E-state index in [0.717, 1.165) is 10.2 Å². The van der Waals surface area contributed by atoms with Crippen molar-refractivity contribution in [1.29, 1.82) is 0 Å². The predicted molar refractivity (Wildman–Crippen MR) is 85.9 cm³/mol. The first kappa shape index (κ1) is 16.0. The Morgan fingerprint density at radius 1 is 1.52 bits per heavy atom. The molecule has 1 fully saturated rings. The van der Waals surface area contributed by atoms with Crippen molar-refractivity contribution in [2.24, 2.45) is 11.7 Å². The monoisotopic (exact) mass is 353 g/mol. The maximum Gasteiger partial charge on any atom is 0.239 e. The van der Waals surface area contributed by atoms with Crippen LogP contribution in [0.15, 0.2) is 28.7 Å². The number of hydrogen-bond acceptors (Lipinski definition) is 3. The second-order valence-corrected chi connectivity index (χ2v) is 6.80. The van der Waals surface area contributed by atoms with E-state index in [-0.39, 0.29) is 11.8 Å². The third kappa shape index (κ3) is 3.63. The molecule has 2 amide bonds. The van der Waals surface area contributed by atoms with Crippen LogP contribution in [0.5, 0.6) is 0 Å². The Balaban J connectivity index is 2.10. The lowest BCUT2D eigenvalue weighted by Gasteiger charge is -2.25. The summed E-state index contributed by atoms with van der Waals surface area (Å²) in [7, 11) is 0. The lowest BCUT2D eigenvalue weighted by molar-refractivity contribution is -0.133. The molecule has 21 heavy (non-hydrogen) atoms. The summed E-state index contributed by atoms with van der Waals surface area (Å²) in [5, 5.41) is 2.84. The first-order valence-electron chi connectivity index (χ1n) is 6.93. The largest absolute Gasteiger partial charge is 0.349 e. The highest BCUT2D eigenvalue weighted by Gasteiger charge is 2.39. The SMILES string of the molecule is CC(C)(CN)NC(=O)C1CCN(c2cccc(Br)c2)C1=O.